The van der Waals surface area contributed by atoms with Crippen LogP contribution in [-0.4, -0.2) is 28.5 Å². The Bertz CT molecular complexity index is 436. The number of amides is 1. The standard InChI is InChI=1S/C13H16ClNO3S/c1-2-7-19-8-11(16)15-12(13(17)18)9-3-5-10(14)6-4-9/h3-6,12H,2,7-8H2,1H3,(H,15,16)(H,17,18). The lowest BCUT2D eigenvalue weighted by Crippen LogP contribution is -2.34. The molecule has 0 aliphatic rings. The minimum absolute atomic E-state index is 0.269. The Morgan fingerprint density at radius 3 is 2.53 bits per heavy atom. The van der Waals surface area contributed by atoms with Crippen molar-refractivity contribution in [3.8, 4) is 0 Å². The molecule has 4 nitrogen and oxygen atoms in total. The summed E-state index contributed by atoms with van der Waals surface area (Å²) in [4.78, 5) is 22.8. The molecular formula is C13H16ClNO3S. The van der Waals surface area contributed by atoms with E-state index in [4.69, 9.17) is 16.7 Å². The van der Waals surface area contributed by atoms with Gasteiger partial charge < -0.3 is 10.4 Å². The zero-order valence-corrected chi connectivity index (χ0v) is 12.1. The average molecular weight is 302 g/mol. The number of hydrogen-bond donors (Lipinski definition) is 2. The van der Waals surface area contributed by atoms with Crippen LogP contribution < -0.4 is 5.32 Å². The van der Waals surface area contributed by atoms with Crippen molar-refractivity contribution in [2.24, 2.45) is 0 Å². The lowest BCUT2D eigenvalue weighted by atomic mass is 10.1. The van der Waals surface area contributed by atoms with Gasteiger partial charge in [-0.1, -0.05) is 30.7 Å². The molecule has 1 aromatic carbocycles. The van der Waals surface area contributed by atoms with Crippen molar-refractivity contribution < 1.29 is 14.7 Å². The molecule has 0 fully saturated rings. The first-order valence-electron chi connectivity index (χ1n) is 5.90. The summed E-state index contributed by atoms with van der Waals surface area (Å²) in [6.45, 7) is 2.03. The Balaban J connectivity index is 2.65. The molecule has 0 heterocycles. The van der Waals surface area contributed by atoms with Crippen LogP contribution in [0.3, 0.4) is 0 Å². The number of halogens is 1. The molecule has 104 valence electrons. The molecule has 0 aliphatic carbocycles. The summed E-state index contributed by atoms with van der Waals surface area (Å²) in [6.07, 6.45) is 0.984. The molecular weight excluding hydrogens is 286 g/mol. The van der Waals surface area contributed by atoms with Gasteiger partial charge in [0.25, 0.3) is 0 Å². The summed E-state index contributed by atoms with van der Waals surface area (Å²) in [7, 11) is 0. The van der Waals surface area contributed by atoms with E-state index in [-0.39, 0.29) is 11.7 Å². The van der Waals surface area contributed by atoms with Crippen molar-refractivity contribution >= 4 is 35.2 Å². The van der Waals surface area contributed by atoms with Gasteiger partial charge in [-0.05, 0) is 29.9 Å². The van der Waals surface area contributed by atoms with Gasteiger partial charge in [-0.15, -0.1) is 0 Å². The highest BCUT2D eigenvalue weighted by Crippen LogP contribution is 2.17. The van der Waals surface area contributed by atoms with E-state index in [0.717, 1.165) is 12.2 Å². The number of carbonyl (C=O) groups excluding carboxylic acids is 1. The van der Waals surface area contributed by atoms with Gasteiger partial charge in [0.15, 0.2) is 6.04 Å². The monoisotopic (exact) mass is 301 g/mol. The first kappa shape index (κ1) is 15.9. The number of thioether (sulfide) groups is 1. The highest BCUT2D eigenvalue weighted by Gasteiger charge is 2.21. The van der Waals surface area contributed by atoms with E-state index in [1.807, 2.05) is 6.92 Å². The van der Waals surface area contributed by atoms with Gasteiger partial charge in [0, 0.05) is 5.02 Å². The summed E-state index contributed by atoms with van der Waals surface area (Å²) in [5.74, 6) is -0.214. The number of carboxylic acid groups (broad SMARTS) is 1. The normalized spacial score (nSPS) is 11.9. The number of hydrogen-bond acceptors (Lipinski definition) is 3. The molecule has 0 spiro atoms. The van der Waals surface area contributed by atoms with E-state index in [0.29, 0.717) is 10.6 Å². The molecule has 1 unspecified atom stereocenters. The highest BCUT2D eigenvalue weighted by atomic mass is 35.5. The predicted molar refractivity (Wildman–Crippen MR) is 77.6 cm³/mol. The van der Waals surface area contributed by atoms with E-state index in [1.54, 1.807) is 24.3 Å². The second-order valence-electron chi connectivity index (χ2n) is 3.94. The van der Waals surface area contributed by atoms with Crippen LogP contribution in [0.2, 0.25) is 5.02 Å². The first-order chi connectivity index (χ1) is 9.04. The minimum Gasteiger partial charge on any atom is -0.479 e. The fraction of sp³-hybridized carbons (Fsp3) is 0.385. The second-order valence-corrected chi connectivity index (χ2v) is 5.48. The maximum absolute atomic E-state index is 11.7. The van der Waals surface area contributed by atoms with Crippen LogP contribution in [0.1, 0.15) is 24.9 Å². The van der Waals surface area contributed by atoms with Crippen molar-refractivity contribution in [3.05, 3.63) is 34.9 Å². The zero-order valence-electron chi connectivity index (χ0n) is 10.6. The van der Waals surface area contributed by atoms with Crippen LogP contribution in [0, 0.1) is 0 Å². The van der Waals surface area contributed by atoms with Crippen LogP contribution in [0.25, 0.3) is 0 Å². The molecule has 0 aliphatic heterocycles. The lowest BCUT2D eigenvalue weighted by molar-refractivity contribution is -0.141. The van der Waals surface area contributed by atoms with Crippen LogP contribution >= 0.6 is 23.4 Å². The van der Waals surface area contributed by atoms with Gasteiger partial charge in [-0.2, -0.15) is 11.8 Å². The second kappa shape index (κ2) is 8.07. The fourth-order valence-corrected chi connectivity index (χ4v) is 2.28. The minimum atomic E-state index is -1.09. The van der Waals surface area contributed by atoms with Crippen molar-refractivity contribution in [3.63, 3.8) is 0 Å². The van der Waals surface area contributed by atoms with E-state index in [1.165, 1.54) is 11.8 Å². The van der Waals surface area contributed by atoms with Crippen molar-refractivity contribution in [2.45, 2.75) is 19.4 Å². The summed E-state index contributed by atoms with van der Waals surface area (Å²) < 4.78 is 0. The Morgan fingerprint density at radius 1 is 1.37 bits per heavy atom. The maximum Gasteiger partial charge on any atom is 0.330 e. The third kappa shape index (κ3) is 5.53. The van der Waals surface area contributed by atoms with Crippen LogP contribution in [0.5, 0.6) is 0 Å². The highest BCUT2D eigenvalue weighted by molar-refractivity contribution is 7.99. The van der Waals surface area contributed by atoms with E-state index >= 15 is 0 Å². The van der Waals surface area contributed by atoms with Gasteiger partial charge in [0.05, 0.1) is 5.75 Å². The lowest BCUT2D eigenvalue weighted by Gasteiger charge is -2.14. The van der Waals surface area contributed by atoms with Gasteiger partial charge in [0.2, 0.25) is 5.91 Å². The van der Waals surface area contributed by atoms with Crippen LogP contribution in [0.15, 0.2) is 24.3 Å². The third-order valence-corrected chi connectivity index (χ3v) is 3.75. The Labute approximate surface area is 121 Å². The van der Waals surface area contributed by atoms with Gasteiger partial charge >= 0.3 is 5.97 Å². The van der Waals surface area contributed by atoms with Crippen LogP contribution in [-0.2, 0) is 9.59 Å². The van der Waals surface area contributed by atoms with Crippen molar-refractivity contribution in [1.29, 1.82) is 0 Å². The Morgan fingerprint density at radius 2 is 2.00 bits per heavy atom. The first-order valence-corrected chi connectivity index (χ1v) is 7.43. The van der Waals surface area contributed by atoms with Gasteiger partial charge in [-0.3, -0.25) is 4.79 Å². The Hall–Kier alpha value is -1.20. The molecule has 0 bridgehead atoms. The van der Waals surface area contributed by atoms with E-state index < -0.39 is 12.0 Å². The molecule has 0 aromatic heterocycles. The van der Waals surface area contributed by atoms with E-state index in [9.17, 15) is 9.59 Å². The molecule has 6 heteroatoms. The number of carbonyl (C=O) groups is 2. The molecule has 0 saturated heterocycles. The molecule has 1 atom stereocenters. The molecule has 19 heavy (non-hydrogen) atoms. The average Bonchev–Trinajstić information content (AvgIpc) is 2.37. The molecule has 0 radical (unpaired) electrons. The third-order valence-electron chi connectivity index (χ3n) is 2.34. The summed E-state index contributed by atoms with van der Waals surface area (Å²) in [5.41, 5.74) is 0.505. The summed E-state index contributed by atoms with van der Waals surface area (Å²) in [6, 6.07) is 5.36. The number of benzene rings is 1. The van der Waals surface area contributed by atoms with Gasteiger partial charge in [0.1, 0.15) is 0 Å². The number of aliphatic carboxylic acids is 1. The van der Waals surface area contributed by atoms with Crippen LogP contribution in [0.4, 0.5) is 0 Å². The molecule has 0 saturated carbocycles. The maximum atomic E-state index is 11.7. The number of nitrogens with one attached hydrogen (secondary N) is 1. The fourth-order valence-electron chi connectivity index (χ4n) is 1.45. The van der Waals surface area contributed by atoms with Crippen molar-refractivity contribution in [1.82, 2.24) is 5.32 Å². The summed E-state index contributed by atoms with van der Waals surface area (Å²) in [5, 5.41) is 12.2. The van der Waals surface area contributed by atoms with Gasteiger partial charge in [-0.25, -0.2) is 4.79 Å². The zero-order chi connectivity index (χ0) is 14.3. The molecule has 1 amide bonds. The summed E-state index contributed by atoms with van der Waals surface area (Å²) >= 11 is 7.23. The molecule has 2 N–H and O–H groups in total. The predicted octanol–water partition coefficient (Wildman–Crippen LogP) is 2.73. The quantitative estimate of drug-likeness (QED) is 0.760. The number of carboxylic acids is 1. The largest absolute Gasteiger partial charge is 0.479 e. The van der Waals surface area contributed by atoms with E-state index in [2.05, 4.69) is 5.32 Å². The Kier molecular flexibility index (Phi) is 6.73. The number of rotatable bonds is 7. The smallest absolute Gasteiger partial charge is 0.330 e. The SMILES string of the molecule is CCCSCC(=O)NC(C(=O)O)c1ccc(Cl)cc1. The molecule has 1 aromatic rings. The molecule has 1 rings (SSSR count). The topological polar surface area (TPSA) is 66.4 Å². The van der Waals surface area contributed by atoms with Crippen molar-refractivity contribution in [2.75, 3.05) is 11.5 Å².